The lowest BCUT2D eigenvalue weighted by Crippen LogP contribution is -2.47. The van der Waals surface area contributed by atoms with Crippen LogP contribution in [0.15, 0.2) is 33.6 Å². The lowest BCUT2D eigenvalue weighted by atomic mass is 10.2. The zero-order chi connectivity index (χ0) is 16.0. The van der Waals surface area contributed by atoms with Crippen molar-refractivity contribution >= 4 is 31.9 Å². The quantitative estimate of drug-likeness (QED) is 0.766. The molecule has 5 nitrogen and oxygen atoms in total. The molecule has 2 atom stereocenters. The second kappa shape index (κ2) is 7.91. The molecule has 0 aliphatic heterocycles. The topological polar surface area (TPSA) is 75.3 Å². The van der Waals surface area contributed by atoms with E-state index in [0.29, 0.717) is 0 Å². The summed E-state index contributed by atoms with van der Waals surface area (Å²) in [6.45, 7) is 5.46. The third-order valence-electron chi connectivity index (χ3n) is 2.96. The standard InChI is InChI=1S/C14H21BrN2O3S/c1-4-5-10(2)16-14(18)11(3)17-21(19,20)13-8-6-12(15)7-9-13/h6-11,17H,4-5H2,1-3H3,(H,16,18). The Balaban J connectivity index is 2.70. The molecule has 0 bridgehead atoms. The number of sulfonamides is 1. The molecule has 0 aromatic heterocycles. The van der Waals surface area contributed by atoms with Crippen LogP contribution in [0, 0.1) is 0 Å². The predicted molar refractivity (Wildman–Crippen MR) is 86.4 cm³/mol. The zero-order valence-electron chi connectivity index (χ0n) is 12.4. The van der Waals surface area contributed by atoms with Crippen LogP contribution in [0.4, 0.5) is 0 Å². The first-order valence-electron chi connectivity index (χ1n) is 6.84. The lowest BCUT2D eigenvalue weighted by molar-refractivity contribution is -0.123. The van der Waals surface area contributed by atoms with Crippen molar-refractivity contribution in [2.75, 3.05) is 0 Å². The van der Waals surface area contributed by atoms with Crippen LogP contribution in [0.1, 0.15) is 33.6 Å². The zero-order valence-corrected chi connectivity index (χ0v) is 14.8. The van der Waals surface area contributed by atoms with Gasteiger partial charge in [-0.3, -0.25) is 4.79 Å². The molecule has 0 fully saturated rings. The molecule has 0 heterocycles. The van der Waals surface area contributed by atoms with Crippen LogP contribution >= 0.6 is 15.9 Å². The van der Waals surface area contributed by atoms with Crippen molar-refractivity contribution in [3.05, 3.63) is 28.7 Å². The number of carbonyl (C=O) groups is 1. The third kappa shape index (κ3) is 5.76. The predicted octanol–water partition coefficient (Wildman–Crippen LogP) is 2.42. The van der Waals surface area contributed by atoms with Gasteiger partial charge in [-0.25, -0.2) is 8.42 Å². The number of hydrogen-bond acceptors (Lipinski definition) is 3. The number of benzene rings is 1. The van der Waals surface area contributed by atoms with Crippen molar-refractivity contribution in [1.82, 2.24) is 10.0 Å². The van der Waals surface area contributed by atoms with E-state index >= 15 is 0 Å². The number of rotatable bonds is 7. The van der Waals surface area contributed by atoms with Gasteiger partial charge in [0.25, 0.3) is 0 Å². The van der Waals surface area contributed by atoms with Crippen molar-refractivity contribution < 1.29 is 13.2 Å². The molecule has 0 spiro atoms. The van der Waals surface area contributed by atoms with Crippen molar-refractivity contribution in [3.63, 3.8) is 0 Å². The Hall–Kier alpha value is -0.920. The molecule has 1 aromatic rings. The third-order valence-corrected chi connectivity index (χ3v) is 5.04. The van der Waals surface area contributed by atoms with Gasteiger partial charge in [0, 0.05) is 10.5 Å². The first kappa shape index (κ1) is 18.1. The normalized spacial score (nSPS) is 14.5. The highest BCUT2D eigenvalue weighted by Crippen LogP contribution is 2.14. The Bertz CT molecular complexity index is 572. The van der Waals surface area contributed by atoms with Gasteiger partial charge in [-0.2, -0.15) is 4.72 Å². The summed E-state index contributed by atoms with van der Waals surface area (Å²) in [6, 6.07) is 5.46. The summed E-state index contributed by atoms with van der Waals surface area (Å²) >= 11 is 3.25. The molecule has 0 saturated carbocycles. The van der Waals surface area contributed by atoms with Crippen LogP contribution in [-0.2, 0) is 14.8 Å². The molecule has 0 saturated heterocycles. The summed E-state index contributed by atoms with van der Waals surface area (Å²) < 4.78 is 27.5. The molecule has 0 aliphatic carbocycles. The second-order valence-electron chi connectivity index (χ2n) is 5.00. The van der Waals surface area contributed by atoms with Gasteiger partial charge in [0.2, 0.25) is 15.9 Å². The fourth-order valence-corrected chi connectivity index (χ4v) is 3.31. The van der Waals surface area contributed by atoms with Crippen LogP contribution in [0.2, 0.25) is 0 Å². The van der Waals surface area contributed by atoms with E-state index in [4.69, 9.17) is 0 Å². The maximum absolute atomic E-state index is 12.2. The maximum Gasteiger partial charge on any atom is 0.241 e. The summed E-state index contributed by atoms with van der Waals surface area (Å²) in [5.74, 6) is -0.323. The number of halogens is 1. The van der Waals surface area contributed by atoms with Gasteiger partial charge in [0.15, 0.2) is 0 Å². The van der Waals surface area contributed by atoms with Gasteiger partial charge in [-0.1, -0.05) is 29.3 Å². The molecule has 0 aliphatic rings. The molecule has 21 heavy (non-hydrogen) atoms. The molecular weight excluding hydrogens is 356 g/mol. The Labute approximate surface area is 134 Å². The van der Waals surface area contributed by atoms with Gasteiger partial charge < -0.3 is 5.32 Å². The summed E-state index contributed by atoms with van der Waals surface area (Å²) in [5, 5.41) is 2.79. The van der Waals surface area contributed by atoms with E-state index in [1.165, 1.54) is 19.1 Å². The van der Waals surface area contributed by atoms with E-state index in [-0.39, 0.29) is 16.8 Å². The molecule has 1 aromatic carbocycles. The van der Waals surface area contributed by atoms with E-state index < -0.39 is 16.1 Å². The monoisotopic (exact) mass is 376 g/mol. The number of nitrogens with one attached hydrogen (secondary N) is 2. The van der Waals surface area contributed by atoms with Gasteiger partial charge in [0.05, 0.1) is 10.9 Å². The smallest absolute Gasteiger partial charge is 0.241 e. The van der Waals surface area contributed by atoms with Gasteiger partial charge in [-0.15, -0.1) is 0 Å². The first-order chi connectivity index (χ1) is 9.76. The van der Waals surface area contributed by atoms with E-state index in [1.54, 1.807) is 12.1 Å². The fourth-order valence-electron chi connectivity index (χ4n) is 1.84. The fraction of sp³-hybridized carbons (Fsp3) is 0.500. The van der Waals surface area contributed by atoms with E-state index in [9.17, 15) is 13.2 Å². The molecule has 2 unspecified atom stereocenters. The molecular formula is C14H21BrN2O3S. The Kier molecular flexibility index (Phi) is 6.83. The first-order valence-corrected chi connectivity index (χ1v) is 9.12. The minimum atomic E-state index is -3.70. The van der Waals surface area contributed by atoms with Crippen LogP contribution in [0.25, 0.3) is 0 Å². The van der Waals surface area contributed by atoms with E-state index in [1.807, 2.05) is 13.8 Å². The molecule has 1 rings (SSSR count). The number of hydrogen-bond donors (Lipinski definition) is 2. The highest BCUT2D eigenvalue weighted by atomic mass is 79.9. The van der Waals surface area contributed by atoms with Crippen molar-refractivity contribution in [1.29, 1.82) is 0 Å². The average molecular weight is 377 g/mol. The summed E-state index contributed by atoms with van der Waals surface area (Å²) in [5.41, 5.74) is 0. The van der Waals surface area contributed by atoms with Crippen LogP contribution in [0.5, 0.6) is 0 Å². The molecule has 7 heteroatoms. The Morgan fingerprint density at radius 3 is 2.33 bits per heavy atom. The lowest BCUT2D eigenvalue weighted by Gasteiger charge is -2.18. The molecule has 118 valence electrons. The van der Waals surface area contributed by atoms with Crippen molar-refractivity contribution in [3.8, 4) is 0 Å². The molecule has 1 amide bonds. The highest BCUT2D eigenvalue weighted by molar-refractivity contribution is 9.10. The van der Waals surface area contributed by atoms with Crippen molar-refractivity contribution in [2.45, 2.75) is 50.6 Å². The average Bonchev–Trinajstić information content (AvgIpc) is 2.38. The van der Waals surface area contributed by atoms with Gasteiger partial charge >= 0.3 is 0 Å². The molecule has 0 radical (unpaired) electrons. The maximum atomic E-state index is 12.2. The second-order valence-corrected chi connectivity index (χ2v) is 7.62. The van der Waals surface area contributed by atoms with E-state index in [2.05, 4.69) is 26.0 Å². The van der Waals surface area contributed by atoms with Crippen LogP contribution < -0.4 is 10.0 Å². The van der Waals surface area contributed by atoms with Crippen LogP contribution in [0.3, 0.4) is 0 Å². The van der Waals surface area contributed by atoms with E-state index in [0.717, 1.165) is 17.3 Å². The SMILES string of the molecule is CCCC(C)NC(=O)C(C)NS(=O)(=O)c1ccc(Br)cc1. The number of amides is 1. The summed E-state index contributed by atoms with van der Waals surface area (Å²) in [6.07, 6.45) is 1.82. The van der Waals surface area contributed by atoms with Gasteiger partial charge in [0.1, 0.15) is 0 Å². The Morgan fingerprint density at radius 2 is 1.81 bits per heavy atom. The Morgan fingerprint density at radius 1 is 1.24 bits per heavy atom. The highest BCUT2D eigenvalue weighted by Gasteiger charge is 2.22. The van der Waals surface area contributed by atoms with Crippen molar-refractivity contribution in [2.24, 2.45) is 0 Å². The summed E-state index contributed by atoms with van der Waals surface area (Å²) in [4.78, 5) is 12.1. The summed E-state index contributed by atoms with van der Waals surface area (Å²) in [7, 11) is -3.70. The largest absolute Gasteiger partial charge is 0.352 e. The minimum absolute atomic E-state index is 0.0298. The number of carbonyl (C=O) groups excluding carboxylic acids is 1. The molecule has 2 N–H and O–H groups in total. The van der Waals surface area contributed by atoms with Gasteiger partial charge in [-0.05, 0) is 44.5 Å². The van der Waals surface area contributed by atoms with Crippen LogP contribution in [-0.4, -0.2) is 26.4 Å². The minimum Gasteiger partial charge on any atom is -0.352 e.